The van der Waals surface area contributed by atoms with Gasteiger partial charge in [0.25, 0.3) is 0 Å². The molecule has 4 aromatic heterocycles. The number of halogens is 1. The number of H-pyrrole nitrogens is 1. The Morgan fingerprint density at radius 3 is 2.82 bits per heavy atom. The molecular formula is C31H31FN10OS. The second-order valence-electron chi connectivity index (χ2n) is 10.7. The van der Waals surface area contributed by atoms with E-state index < -0.39 is 5.66 Å². The maximum Gasteiger partial charge on any atom is 0.192 e. The van der Waals surface area contributed by atoms with Crippen LogP contribution in [0.1, 0.15) is 47.8 Å². The van der Waals surface area contributed by atoms with Crippen molar-refractivity contribution in [2.24, 2.45) is 10.2 Å². The highest BCUT2D eigenvalue weighted by Crippen LogP contribution is 2.37. The number of ketones is 1. The molecule has 0 unspecified atom stereocenters. The largest absolute Gasteiger partial charge is 0.362 e. The molecule has 0 amide bonds. The third-order valence-electron chi connectivity index (χ3n) is 7.41. The van der Waals surface area contributed by atoms with Crippen molar-refractivity contribution in [2.75, 3.05) is 18.4 Å². The number of imidazole rings is 1. The van der Waals surface area contributed by atoms with Gasteiger partial charge in [-0.2, -0.15) is 10.2 Å². The number of pyridine rings is 1. The smallest absolute Gasteiger partial charge is 0.192 e. The summed E-state index contributed by atoms with van der Waals surface area (Å²) in [5, 5.41) is 15.7. The van der Waals surface area contributed by atoms with E-state index in [1.54, 1.807) is 12.3 Å². The lowest BCUT2D eigenvalue weighted by Crippen LogP contribution is -2.20. The first-order chi connectivity index (χ1) is 21.5. The van der Waals surface area contributed by atoms with Gasteiger partial charge in [-0.1, -0.05) is 17.4 Å². The summed E-state index contributed by atoms with van der Waals surface area (Å²) >= 11 is 1.52. The van der Waals surface area contributed by atoms with Gasteiger partial charge in [-0.15, -0.1) is 12.3 Å². The Morgan fingerprint density at radius 2 is 1.98 bits per heavy atom. The van der Waals surface area contributed by atoms with Crippen LogP contribution in [0.25, 0.3) is 21.4 Å². The normalized spacial score (nSPS) is 13.4. The zero-order valence-corrected chi connectivity index (χ0v) is 24.8. The van der Waals surface area contributed by atoms with Gasteiger partial charge in [0.05, 0.1) is 28.3 Å². The highest BCUT2D eigenvalue weighted by molar-refractivity contribution is 7.18. The van der Waals surface area contributed by atoms with Crippen molar-refractivity contribution in [1.82, 2.24) is 35.2 Å². The van der Waals surface area contributed by atoms with Crippen molar-refractivity contribution in [3.8, 4) is 12.3 Å². The number of terminal acetylenes is 1. The summed E-state index contributed by atoms with van der Waals surface area (Å²) in [4.78, 5) is 38.9. The van der Waals surface area contributed by atoms with Gasteiger partial charge in [-0.25, -0.2) is 24.3 Å². The first-order valence-electron chi connectivity index (χ1n) is 14.5. The number of aromatic nitrogens is 6. The van der Waals surface area contributed by atoms with E-state index >= 15 is 0 Å². The van der Waals surface area contributed by atoms with Gasteiger partial charge in [0.15, 0.2) is 11.5 Å². The lowest BCUT2D eigenvalue weighted by molar-refractivity contribution is -0.118. The maximum atomic E-state index is 13.9. The Labute approximate surface area is 257 Å². The van der Waals surface area contributed by atoms with Crippen LogP contribution in [0, 0.1) is 18.2 Å². The third kappa shape index (κ3) is 7.27. The molecule has 1 aromatic carbocycles. The summed E-state index contributed by atoms with van der Waals surface area (Å²) in [5.74, 6) is 3.86. The van der Waals surface area contributed by atoms with Crippen LogP contribution in [-0.4, -0.2) is 54.4 Å². The molecule has 0 bridgehead atoms. The second kappa shape index (κ2) is 13.3. The molecule has 0 spiro atoms. The van der Waals surface area contributed by atoms with Crippen LogP contribution in [0.4, 0.5) is 10.2 Å². The fraction of sp³-hybridized carbons (Fsp3) is 0.355. The highest BCUT2D eigenvalue weighted by Gasteiger charge is 2.39. The summed E-state index contributed by atoms with van der Waals surface area (Å²) < 4.78 is 13.9. The van der Waals surface area contributed by atoms with Crippen molar-refractivity contribution in [3.63, 3.8) is 0 Å². The minimum absolute atomic E-state index is 0.165. The molecule has 11 nitrogen and oxygen atoms in total. The molecule has 0 atom stereocenters. The van der Waals surface area contributed by atoms with E-state index in [0.29, 0.717) is 49.1 Å². The van der Waals surface area contributed by atoms with Crippen LogP contribution < -0.4 is 10.6 Å². The van der Waals surface area contributed by atoms with E-state index in [1.165, 1.54) is 23.7 Å². The first kappa shape index (κ1) is 29.4. The molecule has 1 aliphatic heterocycles. The fourth-order valence-corrected chi connectivity index (χ4v) is 5.84. The minimum atomic E-state index is -0.425. The van der Waals surface area contributed by atoms with E-state index in [1.807, 2.05) is 18.2 Å². The molecule has 0 fully saturated rings. The number of carbonyl (C=O) groups excluding carboxylic acids is 1. The van der Waals surface area contributed by atoms with Gasteiger partial charge in [-0.05, 0) is 29.8 Å². The van der Waals surface area contributed by atoms with E-state index in [2.05, 4.69) is 46.7 Å². The van der Waals surface area contributed by atoms with Gasteiger partial charge in [0, 0.05) is 64.2 Å². The SMILES string of the molecule is C#CCCC1(CCC(=O)Cc2ccc3nc(CCNCCc4nc5c(NCc6ncccc6F)ncnc5s4)[nH]c3c2)N=N1. The topological polar surface area (TPSA) is 146 Å². The molecular weight excluding hydrogens is 579 g/mol. The second-order valence-corrected chi connectivity index (χ2v) is 11.7. The molecule has 44 heavy (non-hydrogen) atoms. The molecule has 3 N–H and O–H groups in total. The first-order valence-corrected chi connectivity index (χ1v) is 15.3. The third-order valence-corrected chi connectivity index (χ3v) is 8.43. The number of thiazole rings is 1. The Balaban J connectivity index is 0.952. The summed E-state index contributed by atoms with van der Waals surface area (Å²) in [7, 11) is 0. The molecule has 13 heteroatoms. The number of nitrogens with one attached hydrogen (secondary N) is 3. The molecule has 5 aromatic rings. The lowest BCUT2D eigenvalue weighted by Gasteiger charge is -2.08. The van der Waals surface area contributed by atoms with Crippen molar-refractivity contribution in [2.45, 2.75) is 57.2 Å². The molecule has 0 saturated heterocycles. The Hall–Kier alpha value is -4.67. The van der Waals surface area contributed by atoms with Crippen molar-refractivity contribution in [3.05, 3.63) is 70.8 Å². The van der Waals surface area contributed by atoms with Crippen LogP contribution >= 0.6 is 11.3 Å². The van der Waals surface area contributed by atoms with E-state index in [-0.39, 0.29) is 18.1 Å². The molecule has 6 rings (SSSR count). The average Bonchev–Trinajstić information content (AvgIpc) is 3.48. The molecule has 5 heterocycles. The van der Waals surface area contributed by atoms with Crippen LogP contribution in [0.3, 0.4) is 0 Å². The van der Waals surface area contributed by atoms with Gasteiger partial charge < -0.3 is 15.6 Å². The number of benzene rings is 1. The van der Waals surface area contributed by atoms with Gasteiger partial charge >= 0.3 is 0 Å². The molecule has 0 aliphatic carbocycles. The standard InChI is InChI=1S/C31H31FN10OS/c1-2-3-11-31(41-42-31)12-8-21(43)16-20-6-7-23-24(17-20)39-26(38-23)9-14-33-15-10-27-40-28-29(36-19-37-30(28)44-27)35-18-25-22(32)5-4-13-34-25/h1,4-7,13,17,19,33H,3,8-12,14-16,18H2,(H,38,39)(H,35,36,37). The summed E-state index contributed by atoms with van der Waals surface area (Å²) in [5.41, 5.74) is 3.33. The number of fused-ring (bicyclic) bond motifs is 2. The Morgan fingerprint density at radius 1 is 1.09 bits per heavy atom. The van der Waals surface area contributed by atoms with Gasteiger partial charge in [-0.3, -0.25) is 9.78 Å². The highest BCUT2D eigenvalue weighted by atomic mass is 32.1. The van der Waals surface area contributed by atoms with E-state index in [9.17, 15) is 9.18 Å². The predicted molar refractivity (Wildman–Crippen MR) is 167 cm³/mol. The van der Waals surface area contributed by atoms with Gasteiger partial charge in [0.1, 0.15) is 34.1 Å². The lowest BCUT2D eigenvalue weighted by atomic mass is 9.98. The zero-order chi connectivity index (χ0) is 30.4. The molecule has 1 aliphatic rings. The summed E-state index contributed by atoms with van der Waals surface area (Å²) in [6.45, 7) is 1.69. The van der Waals surface area contributed by atoms with Crippen LogP contribution in [0.15, 0.2) is 53.1 Å². The minimum Gasteiger partial charge on any atom is -0.362 e. The Bertz CT molecular complexity index is 1850. The number of hydrogen-bond donors (Lipinski definition) is 3. The number of carbonyl (C=O) groups is 1. The number of rotatable bonds is 16. The Kier molecular flexibility index (Phi) is 8.90. The number of hydrogen-bond acceptors (Lipinski definition) is 11. The zero-order valence-electron chi connectivity index (χ0n) is 24.0. The van der Waals surface area contributed by atoms with Gasteiger partial charge in [0.2, 0.25) is 0 Å². The summed E-state index contributed by atoms with van der Waals surface area (Å²) in [6.07, 6.45) is 12.6. The molecule has 0 saturated carbocycles. The van der Waals surface area contributed by atoms with E-state index in [4.69, 9.17) is 16.4 Å². The summed E-state index contributed by atoms with van der Waals surface area (Å²) in [6, 6.07) is 8.86. The van der Waals surface area contributed by atoms with Crippen molar-refractivity contribution >= 4 is 44.3 Å². The number of nitrogens with zero attached hydrogens (tertiary/aromatic N) is 7. The van der Waals surface area contributed by atoms with Crippen molar-refractivity contribution in [1.29, 1.82) is 0 Å². The van der Waals surface area contributed by atoms with Crippen LogP contribution in [0.2, 0.25) is 0 Å². The fourth-order valence-electron chi connectivity index (χ4n) is 4.94. The monoisotopic (exact) mass is 610 g/mol. The van der Waals surface area contributed by atoms with E-state index in [0.717, 1.165) is 58.2 Å². The molecule has 0 radical (unpaired) electrons. The average molecular weight is 611 g/mol. The number of aromatic amines is 1. The maximum absolute atomic E-state index is 13.9. The van der Waals surface area contributed by atoms with Crippen LogP contribution in [-0.2, 0) is 30.6 Å². The molecule has 224 valence electrons. The van der Waals surface area contributed by atoms with Crippen molar-refractivity contribution < 1.29 is 9.18 Å². The number of Topliss-reactive ketones (excluding diaryl/α,β-unsaturated/α-hetero) is 1. The predicted octanol–water partition coefficient (Wildman–Crippen LogP) is 4.95. The van der Waals surface area contributed by atoms with Crippen LogP contribution in [0.5, 0.6) is 0 Å². The quantitative estimate of drug-likeness (QED) is 0.105. The number of anilines is 1.